The van der Waals surface area contributed by atoms with Gasteiger partial charge >= 0.3 is 0 Å². The lowest BCUT2D eigenvalue weighted by Crippen LogP contribution is -2.22. The molecule has 0 amide bonds. The number of hydrogen-bond acceptors (Lipinski definition) is 2. The van der Waals surface area contributed by atoms with Gasteiger partial charge in [-0.2, -0.15) is 0 Å². The van der Waals surface area contributed by atoms with Crippen molar-refractivity contribution in [2.24, 2.45) is 10.7 Å². The first-order valence-electron chi connectivity index (χ1n) is 8.30. The third-order valence-electron chi connectivity index (χ3n) is 4.43. The van der Waals surface area contributed by atoms with Crippen LogP contribution in [-0.2, 0) is 19.4 Å². The molecular weight excluding hydrogens is 425 g/mol. The second-order valence-electron chi connectivity index (χ2n) is 6.37. The molecule has 2 heterocycles. The van der Waals surface area contributed by atoms with Crippen molar-refractivity contribution >= 4 is 41.3 Å². The Hall–Kier alpha value is -2.09. The topological polar surface area (TPSA) is 67.7 Å². The number of nitrogens with zero attached hydrogens (tertiary/aromatic N) is 3. The number of imidazole rings is 1. The summed E-state index contributed by atoms with van der Waals surface area (Å²) >= 11 is 0. The summed E-state index contributed by atoms with van der Waals surface area (Å²) in [6.45, 7) is 2.53. The van der Waals surface area contributed by atoms with E-state index in [-0.39, 0.29) is 24.0 Å². The van der Waals surface area contributed by atoms with Gasteiger partial charge in [0.1, 0.15) is 5.65 Å². The number of nitrogens with two attached hydrogens (primary N) is 1. The Balaban J connectivity index is 0.00000182. The van der Waals surface area contributed by atoms with Gasteiger partial charge in [0, 0.05) is 18.1 Å². The Kier molecular flexibility index (Phi) is 5.27. The first kappa shape index (κ1) is 17.7. The molecule has 3 N–H and O–H groups in total. The molecule has 0 atom stereocenters. The van der Waals surface area contributed by atoms with E-state index in [1.165, 1.54) is 29.5 Å². The van der Waals surface area contributed by atoms with Crippen LogP contribution in [0.2, 0.25) is 0 Å². The van der Waals surface area contributed by atoms with E-state index in [0.717, 1.165) is 23.4 Å². The van der Waals surface area contributed by atoms with Crippen LogP contribution in [0.5, 0.6) is 0 Å². The highest BCUT2D eigenvalue weighted by molar-refractivity contribution is 14.0. The number of pyridine rings is 1. The van der Waals surface area contributed by atoms with Crippen molar-refractivity contribution in [2.75, 3.05) is 5.32 Å². The third kappa shape index (κ3) is 3.95. The summed E-state index contributed by atoms with van der Waals surface area (Å²) in [5.41, 5.74) is 12.9. The van der Waals surface area contributed by atoms with Crippen molar-refractivity contribution in [3.63, 3.8) is 0 Å². The zero-order valence-corrected chi connectivity index (χ0v) is 16.5. The van der Waals surface area contributed by atoms with Crippen LogP contribution in [0, 0.1) is 6.92 Å². The maximum Gasteiger partial charge on any atom is 0.193 e. The van der Waals surface area contributed by atoms with Gasteiger partial charge in [0.05, 0.1) is 12.2 Å². The highest BCUT2D eigenvalue weighted by atomic mass is 127. The van der Waals surface area contributed by atoms with E-state index in [1.54, 1.807) is 0 Å². The Morgan fingerprint density at radius 1 is 1.20 bits per heavy atom. The number of aromatic nitrogens is 2. The van der Waals surface area contributed by atoms with E-state index in [4.69, 9.17) is 5.73 Å². The lowest BCUT2D eigenvalue weighted by Gasteiger charge is -2.07. The van der Waals surface area contributed by atoms with Gasteiger partial charge < -0.3 is 15.5 Å². The van der Waals surface area contributed by atoms with Crippen LogP contribution in [0.25, 0.3) is 5.65 Å². The minimum absolute atomic E-state index is 0. The molecule has 1 aromatic carbocycles. The number of benzene rings is 1. The molecule has 0 saturated heterocycles. The van der Waals surface area contributed by atoms with Gasteiger partial charge in [0.25, 0.3) is 0 Å². The molecule has 5 nitrogen and oxygen atoms in total. The largest absolute Gasteiger partial charge is 0.370 e. The molecule has 0 radical (unpaired) electrons. The van der Waals surface area contributed by atoms with Crippen molar-refractivity contribution in [3.8, 4) is 0 Å². The molecular formula is C19H22IN5. The standard InChI is InChI=1S/C19H21N5.HI/c1-13-5-8-18-22-17(12-24(18)11-13)10-21-19(20)23-16-7-6-14-3-2-4-15(14)9-16;/h5-9,11-12H,2-4,10H2,1H3,(H3,20,21,23);1H. The van der Waals surface area contributed by atoms with Crippen molar-refractivity contribution in [1.29, 1.82) is 0 Å². The van der Waals surface area contributed by atoms with Gasteiger partial charge in [0.2, 0.25) is 0 Å². The van der Waals surface area contributed by atoms with E-state index in [0.29, 0.717) is 12.5 Å². The highest BCUT2D eigenvalue weighted by Crippen LogP contribution is 2.24. The molecule has 0 unspecified atom stereocenters. The Morgan fingerprint density at radius 2 is 2.04 bits per heavy atom. The summed E-state index contributed by atoms with van der Waals surface area (Å²) < 4.78 is 2.02. The molecule has 0 fully saturated rings. The molecule has 4 rings (SSSR count). The van der Waals surface area contributed by atoms with Crippen LogP contribution in [0.15, 0.2) is 47.7 Å². The number of guanidine groups is 1. The van der Waals surface area contributed by atoms with Gasteiger partial charge in [-0.15, -0.1) is 24.0 Å². The molecule has 0 saturated carbocycles. The quantitative estimate of drug-likeness (QED) is 0.366. The van der Waals surface area contributed by atoms with Gasteiger partial charge in [-0.1, -0.05) is 12.1 Å². The summed E-state index contributed by atoms with van der Waals surface area (Å²) in [6, 6.07) is 10.5. The molecule has 0 bridgehead atoms. The fourth-order valence-electron chi connectivity index (χ4n) is 3.23. The maximum atomic E-state index is 6.02. The highest BCUT2D eigenvalue weighted by Gasteiger charge is 2.10. The smallest absolute Gasteiger partial charge is 0.193 e. The summed E-state index contributed by atoms with van der Waals surface area (Å²) in [7, 11) is 0. The van der Waals surface area contributed by atoms with Crippen LogP contribution in [0.3, 0.4) is 0 Å². The molecule has 1 aliphatic rings. The first-order chi connectivity index (χ1) is 11.7. The molecule has 3 aromatic rings. The molecule has 25 heavy (non-hydrogen) atoms. The second-order valence-corrected chi connectivity index (χ2v) is 6.37. The fourth-order valence-corrected chi connectivity index (χ4v) is 3.23. The van der Waals surface area contributed by atoms with E-state index in [2.05, 4.69) is 52.7 Å². The molecule has 130 valence electrons. The monoisotopic (exact) mass is 447 g/mol. The molecule has 2 aromatic heterocycles. The van der Waals surface area contributed by atoms with Gasteiger partial charge in [-0.25, -0.2) is 9.98 Å². The average Bonchev–Trinajstić information content (AvgIpc) is 3.18. The number of nitrogens with one attached hydrogen (secondary N) is 1. The van der Waals surface area contributed by atoms with Crippen LogP contribution >= 0.6 is 24.0 Å². The minimum Gasteiger partial charge on any atom is -0.370 e. The number of hydrogen-bond donors (Lipinski definition) is 2. The van der Waals surface area contributed by atoms with E-state index >= 15 is 0 Å². The fraction of sp³-hybridized carbons (Fsp3) is 0.263. The second kappa shape index (κ2) is 7.43. The predicted octanol–water partition coefficient (Wildman–Crippen LogP) is 3.68. The van der Waals surface area contributed by atoms with E-state index in [9.17, 15) is 0 Å². The van der Waals surface area contributed by atoms with Crippen molar-refractivity contribution in [3.05, 3.63) is 65.1 Å². The molecule has 6 heteroatoms. The molecule has 1 aliphatic carbocycles. The van der Waals surface area contributed by atoms with Gasteiger partial charge in [-0.3, -0.25) is 0 Å². The predicted molar refractivity (Wildman–Crippen MR) is 113 cm³/mol. The van der Waals surface area contributed by atoms with Crippen molar-refractivity contribution in [1.82, 2.24) is 9.38 Å². The SMILES string of the molecule is Cc1ccc2nc(CN=C(N)Nc3ccc4c(c3)CCC4)cn2c1.I. The zero-order chi connectivity index (χ0) is 16.5. The summed E-state index contributed by atoms with van der Waals surface area (Å²) in [6.07, 6.45) is 7.64. The van der Waals surface area contributed by atoms with E-state index < -0.39 is 0 Å². The van der Waals surface area contributed by atoms with Crippen molar-refractivity contribution in [2.45, 2.75) is 32.7 Å². The average molecular weight is 447 g/mol. The van der Waals surface area contributed by atoms with E-state index in [1.807, 2.05) is 16.7 Å². The summed E-state index contributed by atoms with van der Waals surface area (Å²) in [5, 5.41) is 3.18. The molecule has 0 aliphatic heterocycles. The lowest BCUT2D eigenvalue weighted by atomic mass is 10.1. The number of anilines is 1. The maximum absolute atomic E-state index is 6.02. The Morgan fingerprint density at radius 3 is 2.92 bits per heavy atom. The van der Waals surface area contributed by atoms with Crippen LogP contribution in [0.4, 0.5) is 5.69 Å². The summed E-state index contributed by atoms with van der Waals surface area (Å²) in [5.74, 6) is 0.418. The van der Waals surface area contributed by atoms with Gasteiger partial charge in [0.15, 0.2) is 5.96 Å². The van der Waals surface area contributed by atoms with Gasteiger partial charge in [-0.05, 0) is 61.1 Å². The summed E-state index contributed by atoms with van der Waals surface area (Å²) in [4.78, 5) is 8.96. The third-order valence-corrected chi connectivity index (χ3v) is 4.43. The number of rotatable bonds is 3. The van der Waals surface area contributed by atoms with Crippen LogP contribution in [-0.4, -0.2) is 15.3 Å². The first-order valence-corrected chi connectivity index (χ1v) is 8.30. The van der Waals surface area contributed by atoms with Crippen LogP contribution < -0.4 is 11.1 Å². The Labute approximate surface area is 164 Å². The zero-order valence-electron chi connectivity index (χ0n) is 14.2. The number of aryl methyl sites for hydroxylation is 3. The number of halogens is 1. The van der Waals surface area contributed by atoms with Crippen molar-refractivity contribution < 1.29 is 0 Å². The molecule has 0 spiro atoms. The lowest BCUT2D eigenvalue weighted by molar-refractivity contribution is 0.912. The Bertz CT molecular complexity index is 929. The van der Waals surface area contributed by atoms with Crippen LogP contribution in [0.1, 0.15) is 28.8 Å². The number of fused-ring (bicyclic) bond motifs is 2. The minimum atomic E-state index is 0. The normalized spacial score (nSPS) is 13.6. The number of aliphatic imine (C=N–C) groups is 1.